The maximum Gasteiger partial charge on any atom is 0.0926 e. The van der Waals surface area contributed by atoms with E-state index in [1.807, 2.05) is 0 Å². The van der Waals surface area contributed by atoms with Gasteiger partial charge in [0.1, 0.15) is 0 Å². The zero-order valence-corrected chi connectivity index (χ0v) is 16.6. The van der Waals surface area contributed by atoms with Gasteiger partial charge in [-0.05, 0) is 87.0 Å². The van der Waals surface area contributed by atoms with Gasteiger partial charge in [-0.3, -0.25) is 0 Å². The van der Waals surface area contributed by atoms with Gasteiger partial charge < -0.3 is 9.94 Å². The van der Waals surface area contributed by atoms with E-state index in [4.69, 9.17) is 4.74 Å². The Hall–Kier alpha value is -1.35. The number of ether oxygens (including phenoxy) is 1. The van der Waals surface area contributed by atoms with E-state index in [9.17, 15) is 5.21 Å². The first-order valence-corrected chi connectivity index (χ1v) is 11.0. The summed E-state index contributed by atoms with van der Waals surface area (Å²) in [5.41, 5.74) is 2.71. The van der Waals surface area contributed by atoms with Crippen LogP contribution in [-0.4, -0.2) is 23.1 Å². The average Bonchev–Trinajstić information content (AvgIpc) is 3.33. The first-order chi connectivity index (χ1) is 13.2. The summed E-state index contributed by atoms with van der Waals surface area (Å²) in [7, 11) is 0. The molecule has 0 saturated heterocycles. The zero-order chi connectivity index (χ0) is 18.6. The highest BCUT2D eigenvalue weighted by molar-refractivity contribution is 5.96. The number of oxime groups is 1. The van der Waals surface area contributed by atoms with Crippen molar-refractivity contribution in [1.29, 1.82) is 0 Å². The molecule has 0 aromatic heterocycles. The van der Waals surface area contributed by atoms with E-state index in [2.05, 4.69) is 43.0 Å². The van der Waals surface area contributed by atoms with Crippen molar-refractivity contribution in [3.63, 3.8) is 0 Å². The summed E-state index contributed by atoms with van der Waals surface area (Å²) in [6, 6.07) is 0. The molecule has 3 saturated carbocycles. The molecule has 0 aromatic rings. The van der Waals surface area contributed by atoms with Crippen molar-refractivity contribution in [2.75, 3.05) is 6.61 Å². The maximum absolute atomic E-state index is 9.25. The molecular formula is C24H33NO2. The van der Waals surface area contributed by atoms with Crippen LogP contribution in [0.5, 0.6) is 0 Å². The minimum atomic E-state index is 0.00248. The fraction of sp³-hybridized carbons (Fsp3) is 0.708. The minimum absolute atomic E-state index is 0.00248. The predicted molar refractivity (Wildman–Crippen MR) is 108 cm³/mol. The van der Waals surface area contributed by atoms with Crippen molar-refractivity contribution in [2.45, 2.75) is 63.9 Å². The highest BCUT2D eigenvalue weighted by Crippen LogP contribution is 2.69. The molecule has 0 aromatic carbocycles. The summed E-state index contributed by atoms with van der Waals surface area (Å²) in [6.45, 7) is 7.45. The third-order valence-electron chi connectivity index (χ3n) is 9.17. The Morgan fingerprint density at radius 2 is 2.22 bits per heavy atom. The monoisotopic (exact) mass is 367 g/mol. The molecule has 7 atom stereocenters. The van der Waals surface area contributed by atoms with Gasteiger partial charge in [0.05, 0.1) is 17.9 Å². The van der Waals surface area contributed by atoms with Gasteiger partial charge in [-0.15, -0.1) is 6.58 Å². The van der Waals surface area contributed by atoms with Gasteiger partial charge in [0.25, 0.3) is 0 Å². The molecule has 4 aliphatic carbocycles. The summed E-state index contributed by atoms with van der Waals surface area (Å²) in [4.78, 5) is 0. The molecule has 27 heavy (non-hydrogen) atoms. The molecule has 1 heterocycles. The van der Waals surface area contributed by atoms with Crippen LogP contribution in [0.3, 0.4) is 0 Å². The summed E-state index contributed by atoms with van der Waals surface area (Å²) < 4.78 is 6.46. The third kappa shape index (κ3) is 2.27. The normalized spacial score (nSPS) is 49.6. The molecule has 1 N–H and O–H groups in total. The van der Waals surface area contributed by atoms with Gasteiger partial charge in [0.2, 0.25) is 0 Å². The topological polar surface area (TPSA) is 41.8 Å². The van der Waals surface area contributed by atoms with Gasteiger partial charge in [-0.2, -0.15) is 0 Å². The number of allylic oxidation sites excluding steroid dienone is 3. The molecule has 1 spiro atoms. The molecule has 4 unspecified atom stereocenters. The highest BCUT2D eigenvalue weighted by atomic mass is 16.5. The summed E-state index contributed by atoms with van der Waals surface area (Å²) in [5, 5.41) is 12.8. The van der Waals surface area contributed by atoms with Crippen molar-refractivity contribution in [1.82, 2.24) is 0 Å². The average molecular weight is 368 g/mol. The fourth-order valence-electron chi connectivity index (χ4n) is 8.16. The zero-order valence-electron chi connectivity index (χ0n) is 16.6. The molecule has 3 heteroatoms. The van der Waals surface area contributed by atoms with Crippen LogP contribution in [0.2, 0.25) is 0 Å². The predicted octanol–water partition coefficient (Wildman–Crippen LogP) is 5.52. The van der Waals surface area contributed by atoms with Gasteiger partial charge >= 0.3 is 0 Å². The molecular weight excluding hydrogens is 334 g/mol. The quantitative estimate of drug-likeness (QED) is 0.397. The second-order valence-electron chi connectivity index (χ2n) is 9.60. The molecule has 0 radical (unpaired) electrons. The van der Waals surface area contributed by atoms with E-state index in [0.717, 1.165) is 49.3 Å². The number of hydrogen-bond acceptors (Lipinski definition) is 3. The molecule has 146 valence electrons. The second kappa shape index (κ2) is 6.34. The summed E-state index contributed by atoms with van der Waals surface area (Å²) >= 11 is 0. The van der Waals surface area contributed by atoms with Crippen LogP contribution >= 0.6 is 0 Å². The van der Waals surface area contributed by atoms with Gasteiger partial charge in [0, 0.05) is 5.41 Å². The van der Waals surface area contributed by atoms with E-state index in [0.29, 0.717) is 17.3 Å². The molecule has 3 nitrogen and oxygen atoms in total. The number of rotatable bonds is 2. The molecule has 0 amide bonds. The van der Waals surface area contributed by atoms with Gasteiger partial charge in [-0.1, -0.05) is 35.9 Å². The Bertz CT molecular complexity index is 722. The standard InChI is InChI=1S/C24H33NO2/c1-3-16-14-17-15-18(25-26)6-7-19(17)20-8-11-23(4-2)21(22(16)20)9-12-24(23)10-5-13-27-24/h3,5,10,15-16,19-22,26H,1,4,6-9,11-14H2,2H3/b25-18+/t16?,19-,20?,21?,22?,23-,24-/m0/s1. The van der Waals surface area contributed by atoms with Crippen molar-refractivity contribution in [3.05, 3.63) is 36.5 Å². The number of fused-ring (bicyclic) bond motifs is 6. The Morgan fingerprint density at radius 3 is 2.93 bits per heavy atom. The lowest BCUT2D eigenvalue weighted by Gasteiger charge is -2.58. The van der Waals surface area contributed by atoms with Crippen LogP contribution in [0.25, 0.3) is 0 Å². The smallest absolute Gasteiger partial charge is 0.0926 e. The molecule has 5 rings (SSSR count). The SMILES string of the molecule is C=CC1CC2=C/C(=N/O)CC[C@@H]2C2CC[C@@]3(CC)C(CC[C@@]34C=CCO4)C12. The van der Waals surface area contributed by atoms with E-state index >= 15 is 0 Å². The van der Waals surface area contributed by atoms with Gasteiger partial charge in [-0.25, -0.2) is 0 Å². The summed E-state index contributed by atoms with van der Waals surface area (Å²) in [6.07, 6.45) is 18.6. The highest BCUT2D eigenvalue weighted by Gasteiger charge is 2.65. The maximum atomic E-state index is 9.25. The van der Waals surface area contributed by atoms with Gasteiger partial charge in [0.15, 0.2) is 0 Å². The molecule has 1 aliphatic heterocycles. The van der Waals surface area contributed by atoms with E-state index < -0.39 is 0 Å². The number of hydrogen-bond donors (Lipinski definition) is 1. The molecule has 0 bridgehead atoms. The lowest BCUT2D eigenvalue weighted by molar-refractivity contribution is -0.128. The lowest BCUT2D eigenvalue weighted by Crippen LogP contribution is -2.55. The largest absolute Gasteiger partial charge is 0.411 e. The molecule has 3 fully saturated rings. The van der Waals surface area contributed by atoms with E-state index in [-0.39, 0.29) is 5.60 Å². The van der Waals surface area contributed by atoms with Crippen LogP contribution in [0.15, 0.2) is 41.6 Å². The van der Waals surface area contributed by atoms with E-state index in [1.165, 1.54) is 37.7 Å². The van der Waals surface area contributed by atoms with Crippen LogP contribution in [0.4, 0.5) is 0 Å². The molecule has 5 aliphatic rings. The third-order valence-corrected chi connectivity index (χ3v) is 9.17. The first-order valence-electron chi connectivity index (χ1n) is 11.0. The van der Waals surface area contributed by atoms with Crippen molar-refractivity contribution in [2.24, 2.45) is 40.2 Å². The first kappa shape index (κ1) is 17.7. The van der Waals surface area contributed by atoms with Crippen molar-refractivity contribution < 1.29 is 9.94 Å². The summed E-state index contributed by atoms with van der Waals surface area (Å²) in [5.74, 6) is 3.48. The Labute approximate surface area is 163 Å². The fourth-order valence-corrected chi connectivity index (χ4v) is 8.16. The van der Waals surface area contributed by atoms with Crippen LogP contribution in [0.1, 0.15) is 58.3 Å². The van der Waals surface area contributed by atoms with Crippen LogP contribution in [0, 0.1) is 35.0 Å². The minimum Gasteiger partial charge on any atom is -0.411 e. The van der Waals surface area contributed by atoms with Crippen LogP contribution in [-0.2, 0) is 4.74 Å². The lowest BCUT2D eigenvalue weighted by atomic mass is 9.47. The van der Waals surface area contributed by atoms with Crippen molar-refractivity contribution in [3.8, 4) is 0 Å². The Balaban J connectivity index is 1.54. The second-order valence-corrected chi connectivity index (χ2v) is 9.60. The number of nitrogens with zero attached hydrogens (tertiary/aromatic N) is 1. The van der Waals surface area contributed by atoms with Crippen molar-refractivity contribution >= 4 is 5.71 Å². The van der Waals surface area contributed by atoms with E-state index in [1.54, 1.807) is 0 Å². The Kier molecular flexibility index (Phi) is 4.16. The van der Waals surface area contributed by atoms with Crippen LogP contribution < -0.4 is 0 Å². The Morgan fingerprint density at radius 1 is 1.33 bits per heavy atom.